The van der Waals surface area contributed by atoms with E-state index in [1.807, 2.05) is 0 Å². The zero-order chi connectivity index (χ0) is 51.1. The first kappa shape index (κ1) is 52.5. The van der Waals surface area contributed by atoms with Crippen LogP contribution in [-0.2, 0) is 46.3 Å². The molecule has 2 fully saturated rings. The summed E-state index contributed by atoms with van der Waals surface area (Å²) in [5, 5.41) is 103. The van der Waals surface area contributed by atoms with Crippen molar-refractivity contribution in [1.29, 1.82) is 0 Å². The number of aryl methyl sites for hydroxylation is 1. The van der Waals surface area contributed by atoms with Crippen LogP contribution in [0.1, 0.15) is 16.7 Å². The fourth-order valence-corrected chi connectivity index (χ4v) is 8.37. The van der Waals surface area contributed by atoms with E-state index in [1.54, 1.807) is 31.2 Å². The SMILES string of the molecule is Cc1ccccc1CC1NC(=O)CNC(=O)C(CO)NC(=O)C(C(O)C2CN=C(N)N2C2OC(CO)C(O)C(O)C2O)NC(=O)C(C(O)C2CN=C(N)N2)NC(=O)C(Cc2ccc(O)c(N)c2)NC1=O. The van der Waals surface area contributed by atoms with E-state index in [0.29, 0.717) is 5.56 Å². The maximum Gasteiger partial charge on any atom is 0.246 e. The lowest BCUT2D eigenvalue weighted by Crippen LogP contribution is -2.70. The number of hydrogen-bond acceptors (Lipinski definition) is 22. The van der Waals surface area contributed by atoms with Crippen molar-refractivity contribution in [2.45, 2.75) is 105 Å². The highest BCUT2D eigenvalue weighted by Gasteiger charge is 2.52. The highest BCUT2D eigenvalue weighted by atomic mass is 16.6. The number of nitrogens with two attached hydrogens (primary N) is 3. The molecule has 14 unspecified atom stereocenters. The second-order valence-electron chi connectivity index (χ2n) is 17.2. The standard InChI is InChI=1S/C42H59N13O15/c1-16-4-2-3-5-18(16)10-21-36(66)50-20(9-17-6-7-25(58)19(43)8-17)37(67)53-28(30(60)22-11-47-41(44)52-22)39(69)54-29(38(68)51-23(14-56)35(65)46-13-27(59)49-21)31(61)24-12-48-42(45)55(24)40-34(64)33(63)32(62)26(15-57)70-40/h2-8,20-24,26,28-34,40,56-58,60-64H,9-15,43H2,1H3,(H2,45,48)(H,46,65)(H,49,59)(H,50,66)(H,51,68)(H,53,67)(H,54,69)(H3,44,47,52). The number of aliphatic imine (C=N–C) groups is 2. The minimum absolute atomic E-state index is 0.0976. The van der Waals surface area contributed by atoms with Crippen LogP contribution in [0.2, 0.25) is 0 Å². The predicted molar refractivity (Wildman–Crippen MR) is 242 cm³/mol. The lowest BCUT2D eigenvalue weighted by molar-refractivity contribution is -0.260. The summed E-state index contributed by atoms with van der Waals surface area (Å²) in [6, 6.07) is -1.28. The van der Waals surface area contributed by atoms with Gasteiger partial charge in [0.05, 0.1) is 50.6 Å². The van der Waals surface area contributed by atoms with Gasteiger partial charge in [-0.2, -0.15) is 0 Å². The smallest absolute Gasteiger partial charge is 0.246 e. The number of benzene rings is 2. The topological polar surface area (TPSA) is 464 Å². The second kappa shape index (κ2) is 22.7. The van der Waals surface area contributed by atoms with Crippen LogP contribution in [0.25, 0.3) is 0 Å². The fraction of sp³-hybridized carbons (Fsp3) is 0.524. The van der Waals surface area contributed by atoms with Gasteiger partial charge in [-0.15, -0.1) is 0 Å². The van der Waals surface area contributed by atoms with Crippen molar-refractivity contribution in [1.82, 2.24) is 42.1 Å². The van der Waals surface area contributed by atoms with Crippen molar-refractivity contribution < 1.29 is 74.4 Å². The quantitative estimate of drug-likeness (QED) is 0.0734. The van der Waals surface area contributed by atoms with Crippen molar-refractivity contribution in [2.75, 3.05) is 38.6 Å². The molecule has 28 heteroatoms. The van der Waals surface area contributed by atoms with Gasteiger partial charge in [0.25, 0.3) is 0 Å². The molecule has 28 nitrogen and oxygen atoms in total. The molecule has 2 aromatic rings. The molecule has 2 saturated heterocycles. The third-order valence-electron chi connectivity index (χ3n) is 12.4. The van der Waals surface area contributed by atoms with Crippen molar-refractivity contribution in [2.24, 2.45) is 21.5 Å². The maximum atomic E-state index is 14.7. The molecule has 382 valence electrons. The largest absolute Gasteiger partial charge is 0.506 e. The summed E-state index contributed by atoms with van der Waals surface area (Å²) in [5.41, 5.74) is 19.5. The van der Waals surface area contributed by atoms with E-state index in [-0.39, 0.29) is 42.3 Å². The summed E-state index contributed by atoms with van der Waals surface area (Å²) in [4.78, 5) is 94.0. The Balaban J connectivity index is 1.41. The number of guanidine groups is 2. The molecule has 0 saturated carbocycles. The van der Waals surface area contributed by atoms with Gasteiger partial charge in [0, 0.05) is 12.8 Å². The summed E-state index contributed by atoms with van der Waals surface area (Å²) in [6.45, 7) is -1.79. The number of nitrogens with zero attached hydrogens (tertiary/aromatic N) is 3. The van der Waals surface area contributed by atoms with Gasteiger partial charge < -0.3 is 105 Å². The number of amides is 6. The van der Waals surface area contributed by atoms with Gasteiger partial charge in [-0.1, -0.05) is 30.3 Å². The number of nitrogens with one attached hydrogen (secondary N) is 7. The number of aliphatic hydroxyl groups excluding tert-OH is 7. The highest BCUT2D eigenvalue weighted by Crippen LogP contribution is 2.29. The summed E-state index contributed by atoms with van der Waals surface area (Å²) < 4.78 is 5.66. The third-order valence-corrected chi connectivity index (χ3v) is 12.4. The van der Waals surface area contributed by atoms with Crippen molar-refractivity contribution in [3.63, 3.8) is 0 Å². The Kier molecular flexibility index (Phi) is 17.0. The van der Waals surface area contributed by atoms with E-state index < -0.39 is 153 Å². The lowest BCUT2D eigenvalue weighted by Gasteiger charge is -2.46. The molecule has 14 atom stereocenters. The van der Waals surface area contributed by atoms with Crippen LogP contribution in [0.5, 0.6) is 5.75 Å². The number of aliphatic hydroxyl groups is 7. The van der Waals surface area contributed by atoms with Gasteiger partial charge in [0.1, 0.15) is 72.6 Å². The number of nitrogen functional groups attached to an aromatic ring is 1. The Hall–Kier alpha value is -6.92. The zero-order valence-corrected chi connectivity index (χ0v) is 37.6. The molecule has 0 aromatic heterocycles. The van der Waals surface area contributed by atoms with Crippen molar-refractivity contribution >= 4 is 53.0 Å². The second-order valence-corrected chi connectivity index (χ2v) is 17.2. The molecule has 0 radical (unpaired) electrons. The number of aromatic hydroxyl groups is 1. The van der Waals surface area contributed by atoms with E-state index in [1.165, 1.54) is 18.2 Å². The predicted octanol–water partition coefficient (Wildman–Crippen LogP) is -9.58. The Labute approximate surface area is 398 Å². The minimum atomic E-state index is -2.27. The number of hydrogen-bond donors (Lipinski definition) is 18. The van der Waals surface area contributed by atoms with E-state index in [0.717, 1.165) is 10.5 Å². The highest BCUT2D eigenvalue weighted by molar-refractivity contribution is 5.98. The van der Waals surface area contributed by atoms with Crippen LogP contribution in [0.3, 0.4) is 0 Å². The fourth-order valence-electron chi connectivity index (χ4n) is 8.37. The first-order chi connectivity index (χ1) is 33.2. The number of rotatable bonds is 11. The van der Waals surface area contributed by atoms with Gasteiger partial charge in [0.2, 0.25) is 35.4 Å². The molecule has 21 N–H and O–H groups in total. The average Bonchev–Trinajstić information content (AvgIpc) is 3.95. The number of ether oxygens (including phenoxy) is 1. The first-order valence-corrected chi connectivity index (χ1v) is 22.1. The number of anilines is 1. The molecule has 0 aliphatic carbocycles. The maximum absolute atomic E-state index is 14.7. The van der Waals surface area contributed by atoms with Crippen molar-refractivity contribution in [3.05, 3.63) is 59.2 Å². The molecular weight excluding hydrogens is 927 g/mol. The van der Waals surface area contributed by atoms with Gasteiger partial charge in [-0.3, -0.25) is 38.8 Å². The summed E-state index contributed by atoms with van der Waals surface area (Å²) >= 11 is 0. The molecule has 0 spiro atoms. The van der Waals surface area contributed by atoms with Gasteiger partial charge in [-0.05, 0) is 35.7 Å². The number of phenols is 1. The molecule has 4 heterocycles. The Morgan fingerprint density at radius 3 is 2.01 bits per heavy atom. The Morgan fingerprint density at radius 2 is 1.36 bits per heavy atom. The monoisotopic (exact) mass is 985 g/mol. The van der Waals surface area contributed by atoms with Crippen LogP contribution in [0.4, 0.5) is 5.69 Å². The van der Waals surface area contributed by atoms with E-state index in [2.05, 4.69) is 47.2 Å². The van der Waals surface area contributed by atoms with E-state index >= 15 is 0 Å². The molecule has 4 aliphatic heterocycles. The molecule has 0 bridgehead atoms. The minimum Gasteiger partial charge on any atom is -0.506 e. The van der Waals surface area contributed by atoms with Gasteiger partial charge in [0.15, 0.2) is 18.1 Å². The third kappa shape index (κ3) is 11.9. The van der Waals surface area contributed by atoms with Gasteiger partial charge >= 0.3 is 0 Å². The Bertz CT molecular complexity index is 2340. The lowest BCUT2D eigenvalue weighted by atomic mass is 9.95. The van der Waals surface area contributed by atoms with Crippen molar-refractivity contribution in [3.8, 4) is 5.75 Å². The normalized spacial score (nSPS) is 31.5. The van der Waals surface area contributed by atoms with Gasteiger partial charge in [-0.25, -0.2) is 0 Å². The number of carbonyl (C=O) groups excluding carboxylic acids is 6. The van der Waals surface area contributed by atoms with E-state index in [9.17, 15) is 69.6 Å². The number of carbonyl (C=O) groups is 6. The van der Waals surface area contributed by atoms with Crippen LogP contribution in [0, 0.1) is 6.92 Å². The zero-order valence-electron chi connectivity index (χ0n) is 37.6. The summed E-state index contributed by atoms with van der Waals surface area (Å²) in [7, 11) is 0. The Morgan fingerprint density at radius 1 is 0.714 bits per heavy atom. The molecule has 6 rings (SSSR count). The van der Waals surface area contributed by atoms with Crippen LogP contribution in [-0.4, -0.2) is 211 Å². The molecule has 4 aliphatic rings. The van der Waals surface area contributed by atoms with E-state index in [4.69, 9.17) is 21.9 Å². The van der Waals surface area contributed by atoms with Crippen LogP contribution < -0.4 is 54.4 Å². The molecule has 2 aromatic carbocycles. The average molecular weight is 986 g/mol. The first-order valence-electron chi connectivity index (χ1n) is 22.1. The summed E-state index contributed by atoms with van der Waals surface area (Å²) in [5.74, 6) is -7.80. The van der Waals surface area contributed by atoms with Crippen LogP contribution >= 0.6 is 0 Å². The van der Waals surface area contributed by atoms with Crippen LogP contribution in [0.15, 0.2) is 52.4 Å². The number of phenolic OH excluding ortho intramolecular Hbond substituents is 1. The molecule has 6 amide bonds. The molecular formula is C42H59N13O15. The molecule has 70 heavy (non-hydrogen) atoms. The summed E-state index contributed by atoms with van der Waals surface area (Å²) in [6.07, 6.45) is -13.7.